The molecule has 9 nitrogen and oxygen atoms in total. The van der Waals surface area contributed by atoms with E-state index in [0.29, 0.717) is 6.42 Å². The molecule has 1 amide bonds. The number of hydrogen-bond acceptors (Lipinski definition) is 8. The van der Waals surface area contributed by atoms with Gasteiger partial charge in [-0.25, -0.2) is 9.59 Å². The van der Waals surface area contributed by atoms with Gasteiger partial charge in [0.15, 0.2) is 5.78 Å². The highest BCUT2D eigenvalue weighted by Crippen LogP contribution is 2.49. The van der Waals surface area contributed by atoms with E-state index >= 15 is 0 Å². The minimum Gasteiger partial charge on any atom is -0.458 e. The Morgan fingerprint density at radius 1 is 0.938 bits per heavy atom. The first-order chi connectivity index (χ1) is 14.5. The number of ether oxygens (including phenoxy) is 2. The quantitative estimate of drug-likeness (QED) is 0.373. The third-order valence-corrected chi connectivity index (χ3v) is 6.77. The summed E-state index contributed by atoms with van der Waals surface area (Å²) in [5, 5.41) is 0. The topological polar surface area (TPSA) is 108 Å². The van der Waals surface area contributed by atoms with Gasteiger partial charge in [-0.2, -0.15) is 0 Å². The first kappa shape index (κ1) is 28.6. The van der Waals surface area contributed by atoms with Gasteiger partial charge in [-0.15, -0.1) is 0 Å². The maximum Gasteiger partial charge on any atom is 0.411 e. The van der Waals surface area contributed by atoms with Crippen molar-refractivity contribution in [2.75, 3.05) is 25.9 Å². The van der Waals surface area contributed by atoms with E-state index in [2.05, 4.69) is 0 Å². The SMILES string of the molecule is CCOP(=O)(CC(=O)C1C(C)CCN(C(=O)OC(C)(C)C)C1C(=O)OC(C)(C)C)OCC. The largest absolute Gasteiger partial charge is 0.458 e. The zero-order chi connectivity index (χ0) is 24.9. The van der Waals surface area contributed by atoms with E-state index in [4.69, 9.17) is 18.5 Å². The van der Waals surface area contributed by atoms with Crippen molar-refractivity contribution < 1.29 is 37.5 Å². The average molecular weight is 478 g/mol. The maximum absolute atomic E-state index is 13.4. The third-order valence-electron chi connectivity index (χ3n) is 4.76. The Kier molecular flexibility index (Phi) is 9.94. The van der Waals surface area contributed by atoms with Crippen molar-refractivity contribution in [2.45, 2.75) is 86.0 Å². The second-order valence-corrected chi connectivity index (χ2v) is 12.1. The van der Waals surface area contributed by atoms with Crippen LogP contribution in [-0.4, -0.2) is 65.9 Å². The fraction of sp³-hybridized carbons (Fsp3) is 0.864. The normalized spacial score (nSPS) is 22.4. The molecule has 10 heteroatoms. The molecule has 32 heavy (non-hydrogen) atoms. The number of ketones is 1. The fourth-order valence-corrected chi connectivity index (χ4v) is 5.28. The summed E-state index contributed by atoms with van der Waals surface area (Å²) in [7, 11) is -3.68. The molecule has 3 unspecified atom stereocenters. The molecule has 0 aromatic rings. The number of esters is 1. The first-order valence-corrected chi connectivity index (χ1v) is 12.9. The summed E-state index contributed by atoms with van der Waals surface area (Å²) in [6, 6.07) is -1.20. The lowest BCUT2D eigenvalue weighted by Gasteiger charge is -2.43. The second-order valence-electron chi connectivity index (χ2n) is 10.0. The number of carbonyl (C=O) groups excluding carboxylic acids is 3. The lowest BCUT2D eigenvalue weighted by atomic mass is 9.78. The first-order valence-electron chi connectivity index (χ1n) is 11.2. The van der Waals surface area contributed by atoms with E-state index in [1.54, 1.807) is 55.4 Å². The summed E-state index contributed by atoms with van der Waals surface area (Å²) in [4.78, 5) is 40.8. The van der Waals surface area contributed by atoms with Gasteiger partial charge in [0.1, 0.15) is 23.4 Å². The number of rotatable bonds is 8. The van der Waals surface area contributed by atoms with Crippen LogP contribution in [0.3, 0.4) is 0 Å². The fourth-order valence-electron chi connectivity index (χ4n) is 3.64. The number of piperidine rings is 1. The molecule has 1 rings (SSSR count). The van der Waals surface area contributed by atoms with Gasteiger partial charge in [0, 0.05) is 6.54 Å². The number of likely N-dealkylation sites (tertiary alicyclic amines) is 1. The van der Waals surface area contributed by atoms with Gasteiger partial charge in [-0.3, -0.25) is 14.3 Å². The number of carbonyl (C=O) groups is 3. The summed E-state index contributed by atoms with van der Waals surface area (Å²) >= 11 is 0. The molecule has 1 aliphatic rings. The smallest absolute Gasteiger partial charge is 0.411 e. The Morgan fingerprint density at radius 2 is 1.44 bits per heavy atom. The molecule has 1 fully saturated rings. The molecule has 1 aliphatic heterocycles. The van der Waals surface area contributed by atoms with Crippen LogP contribution in [0.2, 0.25) is 0 Å². The predicted molar refractivity (Wildman–Crippen MR) is 121 cm³/mol. The number of nitrogens with zero attached hydrogens (tertiary/aromatic N) is 1. The lowest BCUT2D eigenvalue weighted by Crippen LogP contribution is -2.59. The van der Waals surface area contributed by atoms with Crippen molar-refractivity contribution in [1.82, 2.24) is 4.90 Å². The summed E-state index contributed by atoms with van der Waals surface area (Å²) in [6.07, 6.45) is -0.705. The Balaban J connectivity index is 3.35. The highest BCUT2D eigenvalue weighted by molar-refractivity contribution is 7.54. The van der Waals surface area contributed by atoms with Crippen molar-refractivity contribution >= 4 is 25.4 Å². The minimum atomic E-state index is -3.68. The van der Waals surface area contributed by atoms with Crippen LogP contribution in [0.4, 0.5) is 4.79 Å². The van der Waals surface area contributed by atoms with Gasteiger partial charge in [-0.1, -0.05) is 6.92 Å². The van der Waals surface area contributed by atoms with Gasteiger partial charge in [0.05, 0.1) is 19.1 Å². The molecule has 0 spiro atoms. The molecule has 0 aromatic heterocycles. The van der Waals surface area contributed by atoms with E-state index in [1.165, 1.54) is 4.90 Å². The van der Waals surface area contributed by atoms with Gasteiger partial charge in [0.25, 0.3) is 0 Å². The molecule has 0 radical (unpaired) electrons. The highest BCUT2D eigenvalue weighted by Gasteiger charge is 2.50. The van der Waals surface area contributed by atoms with E-state index in [0.717, 1.165) is 0 Å². The molecular weight excluding hydrogens is 437 g/mol. The van der Waals surface area contributed by atoms with Gasteiger partial charge < -0.3 is 18.5 Å². The van der Waals surface area contributed by atoms with Crippen LogP contribution < -0.4 is 0 Å². The molecule has 1 heterocycles. The van der Waals surface area contributed by atoms with E-state index < -0.39 is 54.8 Å². The Morgan fingerprint density at radius 3 is 1.88 bits per heavy atom. The molecule has 0 aromatic carbocycles. The van der Waals surface area contributed by atoms with Crippen LogP contribution in [-0.2, 0) is 32.7 Å². The van der Waals surface area contributed by atoms with Crippen molar-refractivity contribution in [3.8, 4) is 0 Å². The minimum absolute atomic E-state index is 0.115. The molecule has 1 saturated heterocycles. The maximum atomic E-state index is 13.4. The zero-order valence-corrected chi connectivity index (χ0v) is 21.8. The van der Waals surface area contributed by atoms with E-state index in [1.807, 2.05) is 6.92 Å². The number of hydrogen-bond donors (Lipinski definition) is 0. The van der Waals surface area contributed by atoms with Crippen LogP contribution in [0.25, 0.3) is 0 Å². The van der Waals surface area contributed by atoms with E-state index in [-0.39, 0.29) is 25.7 Å². The zero-order valence-electron chi connectivity index (χ0n) is 20.9. The van der Waals surface area contributed by atoms with Crippen LogP contribution in [0.5, 0.6) is 0 Å². The van der Waals surface area contributed by atoms with Crippen molar-refractivity contribution in [2.24, 2.45) is 11.8 Å². The monoisotopic (exact) mass is 477 g/mol. The molecule has 0 bridgehead atoms. The standard InChI is InChI=1S/C22H40NO8P/c1-10-28-32(27,29-11-2)14-16(24)17-15(3)12-13-23(20(26)31-22(7,8)9)18(17)19(25)30-21(4,5)6/h15,17-18H,10-14H2,1-9H3. The third kappa shape index (κ3) is 8.49. The molecule has 0 N–H and O–H groups in total. The summed E-state index contributed by atoms with van der Waals surface area (Å²) in [5.74, 6) is -2.35. The Labute approximate surface area is 192 Å². The molecule has 186 valence electrons. The van der Waals surface area contributed by atoms with Gasteiger partial charge in [0.2, 0.25) is 0 Å². The van der Waals surface area contributed by atoms with Crippen LogP contribution in [0.1, 0.15) is 68.7 Å². The highest BCUT2D eigenvalue weighted by atomic mass is 31.2. The number of Topliss-reactive ketones (excluding diaryl/α,β-unsaturated/α-hetero) is 1. The predicted octanol–water partition coefficient (Wildman–Crippen LogP) is 4.43. The summed E-state index contributed by atoms with van der Waals surface area (Å²) in [6.45, 7) is 15.9. The van der Waals surface area contributed by atoms with Crippen LogP contribution in [0.15, 0.2) is 0 Å². The molecular formula is C22H40NO8P. The van der Waals surface area contributed by atoms with Gasteiger partial charge in [-0.05, 0) is 67.7 Å². The van der Waals surface area contributed by atoms with Crippen LogP contribution >= 0.6 is 7.60 Å². The molecule has 3 atom stereocenters. The average Bonchev–Trinajstić information content (AvgIpc) is 2.58. The van der Waals surface area contributed by atoms with Crippen molar-refractivity contribution in [1.29, 1.82) is 0 Å². The Bertz CT molecular complexity index is 714. The molecule has 0 aliphatic carbocycles. The van der Waals surface area contributed by atoms with Crippen molar-refractivity contribution in [3.05, 3.63) is 0 Å². The van der Waals surface area contributed by atoms with Gasteiger partial charge >= 0.3 is 19.7 Å². The summed E-state index contributed by atoms with van der Waals surface area (Å²) in [5.41, 5.74) is -1.60. The van der Waals surface area contributed by atoms with E-state index in [9.17, 15) is 18.9 Å². The second kappa shape index (κ2) is 11.1. The van der Waals surface area contributed by atoms with Crippen LogP contribution in [0, 0.1) is 11.8 Å². The lowest BCUT2D eigenvalue weighted by molar-refractivity contribution is -0.168. The Hall–Kier alpha value is -1.44. The molecule has 0 saturated carbocycles. The summed E-state index contributed by atoms with van der Waals surface area (Å²) < 4.78 is 34.6. The number of amides is 1. The van der Waals surface area contributed by atoms with Crippen molar-refractivity contribution in [3.63, 3.8) is 0 Å².